The molecule has 10 nitrogen and oxygen atoms in total. The Morgan fingerprint density at radius 3 is 2.38 bits per heavy atom. The van der Waals surface area contributed by atoms with Crippen molar-refractivity contribution < 1.29 is 14.8 Å². The molecule has 2 heterocycles. The summed E-state index contributed by atoms with van der Waals surface area (Å²) in [6.45, 7) is 0. The third-order valence-corrected chi connectivity index (χ3v) is 5.99. The summed E-state index contributed by atoms with van der Waals surface area (Å²) < 4.78 is 2.11. The number of Topliss-reactive ketones (excluding diaryl/α,β-unsaturated/α-hetero) is 1. The van der Waals surface area contributed by atoms with Crippen molar-refractivity contribution in [1.29, 1.82) is 0 Å². The number of rotatable bonds is 2. The smallest absolute Gasteiger partial charge is 0.332 e. The number of non-ortho nitro benzene ring substituents is 1. The van der Waals surface area contributed by atoms with Gasteiger partial charge in [-0.1, -0.05) is 30.3 Å². The monoisotopic (exact) mass is 431 g/mol. The van der Waals surface area contributed by atoms with Crippen molar-refractivity contribution in [3.05, 3.63) is 101 Å². The van der Waals surface area contributed by atoms with Crippen LogP contribution in [0, 0.1) is 10.1 Å². The van der Waals surface area contributed by atoms with Crippen LogP contribution in [0.15, 0.2) is 57.6 Å². The van der Waals surface area contributed by atoms with Crippen LogP contribution in [0.4, 0.5) is 11.5 Å². The molecule has 0 bridgehead atoms. The van der Waals surface area contributed by atoms with E-state index in [1.165, 1.54) is 18.7 Å². The first-order valence-electron chi connectivity index (χ1n) is 9.63. The number of hydrogen-bond acceptors (Lipinski definition) is 7. The minimum Gasteiger partial charge on any atom is -0.872 e. The van der Waals surface area contributed by atoms with Crippen LogP contribution in [0.1, 0.15) is 33.0 Å². The molecule has 10 heteroatoms. The second-order valence-corrected chi connectivity index (χ2v) is 7.67. The number of anilines is 1. The number of nitro groups is 1. The first-order valence-corrected chi connectivity index (χ1v) is 9.63. The highest BCUT2D eigenvalue weighted by Crippen LogP contribution is 2.49. The van der Waals surface area contributed by atoms with E-state index in [0.29, 0.717) is 16.8 Å². The molecule has 3 aromatic rings. The zero-order valence-corrected chi connectivity index (χ0v) is 16.9. The summed E-state index contributed by atoms with van der Waals surface area (Å²) in [5.74, 6) is -1.99. The maximum atomic E-state index is 13.4. The highest BCUT2D eigenvalue weighted by molar-refractivity contribution is 6.23. The van der Waals surface area contributed by atoms with E-state index >= 15 is 0 Å². The van der Waals surface area contributed by atoms with Gasteiger partial charge in [-0.25, -0.2) is 4.79 Å². The van der Waals surface area contributed by atoms with Gasteiger partial charge in [0.15, 0.2) is 5.78 Å². The summed E-state index contributed by atoms with van der Waals surface area (Å²) in [6.07, 6.45) is 0. The number of carbonyl (C=O) groups is 1. The van der Waals surface area contributed by atoms with E-state index in [9.17, 15) is 29.6 Å². The molecule has 32 heavy (non-hydrogen) atoms. The van der Waals surface area contributed by atoms with E-state index in [1.807, 2.05) is 0 Å². The van der Waals surface area contributed by atoms with Crippen molar-refractivity contribution in [3.63, 3.8) is 0 Å². The van der Waals surface area contributed by atoms with E-state index in [2.05, 4.69) is 5.32 Å². The summed E-state index contributed by atoms with van der Waals surface area (Å²) in [5, 5.41) is 27.3. The fraction of sp³-hybridized carbons (Fsp3) is 0.136. The van der Waals surface area contributed by atoms with Crippen LogP contribution >= 0.6 is 0 Å². The van der Waals surface area contributed by atoms with Gasteiger partial charge in [0.05, 0.1) is 16.2 Å². The Bertz CT molecular complexity index is 1530. The van der Waals surface area contributed by atoms with Gasteiger partial charge >= 0.3 is 5.69 Å². The van der Waals surface area contributed by atoms with Crippen molar-refractivity contribution >= 4 is 23.0 Å². The van der Waals surface area contributed by atoms with Gasteiger partial charge in [0.1, 0.15) is 5.82 Å². The Hall–Kier alpha value is -4.47. The normalized spacial score (nSPS) is 16.3. The highest BCUT2D eigenvalue weighted by Gasteiger charge is 2.43. The topological polar surface area (TPSA) is 139 Å². The largest absolute Gasteiger partial charge is 0.872 e. The number of nitrogens with zero attached hydrogens (tertiary/aromatic N) is 3. The third kappa shape index (κ3) is 2.43. The van der Waals surface area contributed by atoms with E-state index < -0.39 is 27.8 Å². The molecule has 0 saturated carbocycles. The van der Waals surface area contributed by atoms with Crippen LogP contribution in [0.3, 0.4) is 0 Å². The lowest BCUT2D eigenvalue weighted by Crippen LogP contribution is -2.43. The number of aromatic nitrogens is 2. The number of fused-ring (bicyclic) bond motifs is 3. The molecule has 1 aromatic heterocycles. The number of carbonyl (C=O) groups excluding carboxylic acids is 1. The van der Waals surface area contributed by atoms with Crippen LogP contribution in [0.2, 0.25) is 0 Å². The number of ketones is 1. The molecule has 160 valence electrons. The maximum Gasteiger partial charge on any atom is 0.332 e. The van der Waals surface area contributed by atoms with Gasteiger partial charge < -0.3 is 10.4 Å². The average Bonchev–Trinajstić information content (AvgIpc) is 3.07. The first kappa shape index (κ1) is 19.5. The molecule has 0 saturated heterocycles. The quantitative estimate of drug-likeness (QED) is 0.475. The predicted octanol–water partition coefficient (Wildman–Crippen LogP) is 1.23. The summed E-state index contributed by atoms with van der Waals surface area (Å²) in [6, 6.07) is 9.99. The summed E-state index contributed by atoms with van der Waals surface area (Å²) in [4.78, 5) is 49.9. The minimum atomic E-state index is -1.18. The zero-order chi connectivity index (χ0) is 22.9. The van der Waals surface area contributed by atoms with Crippen LogP contribution in [0.25, 0.3) is 5.70 Å². The van der Waals surface area contributed by atoms with Gasteiger partial charge in [-0.2, -0.15) is 0 Å². The van der Waals surface area contributed by atoms with Crippen molar-refractivity contribution in [2.75, 3.05) is 5.32 Å². The van der Waals surface area contributed by atoms with Gasteiger partial charge in [-0.3, -0.25) is 28.8 Å². The molecule has 1 aliphatic carbocycles. The number of allylic oxidation sites excluding steroid dienone is 1. The van der Waals surface area contributed by atoms with Crippen molar-refractivity contribution in [1.82, 2.24) is 9.13 Å². The average molecular weight is 431 g/mol. The molecule has 0 amide bonds. The summed E-state index contributed by atoms with van der Waals surface area (Å²) >= 11 is 0. The minimum absolute atomic E-state index is 0.00658. The third-order valence-electron chi connectivity index (χ3n) is 5.99. The lowest BCUT2D eigenvalue weighted by molar-refractivity contribution is -0.385. The summed E-state index contributed by atoms with van der Waals surface area (Å²) in [7, 11) is 2.76. The van der Waals surface area contributed by atoms with Gasteiger partial charge in [-0.15, -0.1) is 5.75 Å². The fourth-order valence-electron chi connectivity index (χ4n) is 4.44. The first-order chi connectivity index (χ1) is 15.2. The second-order valence-electron chi connectivity index (χ2n) is 7.67. The number of nitrogens with one attached hydrogen (secondary N) is 1. The number of nitro benzene ring substituents is 1. The van der Waals surface area contributed by atoms with E-state index in [0.717, 1.165) is 22.8 Å². The number of benzene rings is 2. The Kier molecular flexibility index (Phi) is 3.97. The van der Waals surface area contributed by atoms with Gasteiger partial charge in [-0.05, 0) is 5.56 Å². The zero-order valence-electron chi connectivity index (χ0n) is 16.9. The molecule has 1 N–H and O–H groups in total. The molecule has 0 fully saturated rings. The Morgan fingerprint density at radius 1 is 1.00 bits per heavy atom. The van der Waals surface area contributed by atoms with Crippen molar-refractivity contribution in [2.24, 2.45) is 14.1 Å². The maximum absolute atomic E-state index is 13.4. The molecule has 1 unspecified atom stereocenters. The SMILES string of the molecule is Cn1c2c(c(=O)n(C)c1=O)C(c1cc([N+](=O)[O-])ccc1[O-])C1=C(N2)c2ccccc2C1=O. The predicted molar refractivity (Wildman–Crippen MR) is 113 cm³/mol. The van der Waals surface area contributed by atoms with Crippen LogP contribution in [0.5, 0.6) is 5.75 Å². The molecule has 2 aromatic carbocycles. The van der Waals surface area contributed by atoms with E-state index in [-0.39, 0.29) is 34.0 Å². The molecule has 0 radical (unpaired) electrons. The highest BCUT2D eigenvalue weighted by atomic mass is 16.6. The lowest BCUT2D eigenvalue weighted by Gasteiger charge is -2.31. The second kappa shape index (κ2) is 6.51. The van der Waals surface area contributed by atoms with Crippen LogP contribution in [-0.4, -0.2) is 19.8 Å². The van der Waals surface area contributed by atoms with Crippen molar-refractivity contribution in [2.45, 2.75) is 5.92 Å². The summed E-state index contributed by atoms with van der Waals surface area (Å²) in [5.41, 5.74) is -0.240. The van der Waals surface area contributed by atoms with Crippen LogP contribution in [-0.2, 0) is 14.1 Å². The Balaban J connectivity index is 1.92. The fourth-order valence-corrected chi connectivity index (χ4v) is 4.44. The molecule has 2 aliphatic rings. The number of hydrogen-bond donors (Lipinski definition) is 1. The van der Waals surface area contributed by atoms with Gasteiger partial charge in [0.2, 0.25) is 0 Å². The van der Waals surface area contributed by atoms with Crippen LogP contribution < -0.4 is 21.7 Å². The van der Waals surface area contributed by atoms with Gasteiger partial charge in [0, 0.05) is 48.8 Å². The standard InChI is InChI=1S/C22H16N4O6/c1-24-20-17(21(29)25(2)22(24)30)15(13-9-10(26(31)32)7-8-14(13)27)16-18(23-20)11-5-3-4-6-12(11)19(16)28/h3-9,15,23,27H,1-2H3/p-1. The Labute approximate surface area is 179 Å². The molecular formula is C22H15N4O6-. The molecule has 1 atom stereocenters. The van der Waals surface area contributed by atoms with Gasteiger partial charge in [0.25, 0.3) is 11.2 Å². The molecule has 5 rings (SSSR count). The molecular weight excluding hydrogens is 416 g/mol. The lowest BCUT2D eigenvalue weighted by atomic mass is 9.81. The van der Waals surface area contributed by atoms with E-state index in [1.54, 1.807) is 24.3 Å². The Morgan fingerprint density at radius 2 is 1.69 bits per heavy atom. The van der Waals surface area contributed by atoms with E-state index in [4.69, 9.17) is 0 Å². The molecule has 0 spiro atoms. The molecule has 1 aliphatic heterocycles. The van der Waals surface area contributed by atoms with Crippen molar-refractivity contribution in [3.8, 4) is 5.75 Å².